The van der Waals surface area contributed by atoms with Gasteiger partial charge in [0.1, 0.15) is 19.4 Å². The number of hydrogen-bond donors (Lipinski definition) is 1. The van der Waals surface area contributed by atoms with Gasteiger partial charge in [0.15, 0.2) is 0 Å². The number of aromatic nitrogens is 1. The van der Waals surface area contributed by atoms with Gasteiger partial charge in [-0.1, -0.05) is 38.4 Å². The molecule has 0 aliphatic heterocycles. The van der Waals surface area contributed by atoms with E-state index >= 15 is 0 Å². The largest absolute Gasteiger partial charge is 0.325 e. The van der Waals surface area contributed by atoms with Gasteiger partial charge >= 0.3 is 0 Å². The van der Waals surface area contributed by atoms with Gasteiger partial charge in [0.05, 0.1) is 5.69 Å². The number of pyridine rings is 1. The summed E-state index contributed by atoms with van der Waals surface area (Å²) < 4.78 is 14.0. The van der Waals surface area contributed by atoms with Crippen molar-refractivity contribution in [1.82, 2.24) is 4.98 Å². The van der Waals surface area contributed by atoms with Crippen LogP contribution in [-0.2, 0) is 4.79 Å². The van der Waals surface area contributed by atoms with Crippen LogP contribution in [0.5, 0.6) is 0 Å². The molecule has 0 aliphatic rings. The van der Waals surface area contributed by atoms with Crippen molar-refractivity contribution in [2.45, 2.75) is 20.8 Å². The highest BCUT2D eigenvalue weighted by Gasteiger charge is 2.22. The number of nitrogens with one attached hydrogen (secondary N) is 1. The first-order valence-electron chi connectivity index (χ1n) is 6.82. The van der Waals surface area contributed by atoms with Crippen molar-refractivity contribution in [2.75, 3.05) is 5.32 Å². The van der Waals surface area contributed by atoms with E-state index in [2.05, 4.69) is 10.3 Å². The summed E-state index contributed by atoms with van der Waals surface area (Å²) in [5.41, 5.74) is 1.85. The molecule has 0 radical (unpaired) electrons. The van der Waals surface area contributed by atoms with Crippen molar-refractivity contribution >= 4 is 24.9 Å². The van der Waals surface area contributed by atoms with Crippen LogP contribution in [0.3, 0.4) is 0 Å². The van der Waals surface area contributed by atoms with Crippen molar-refractivity contribution < 1.29 is 9.18 Å². The summed E-state index contributed by atoms with van der Waals surface area (Å²) in [6.45, 7) is 5.49. The van der Waals surface area contributed by atoms with Gasteiger partial charge in [0, 0.05) is 17.2 Å². The Bertz CT molecular complexity index is 680. The van der Waals surface area contributed by atoms with Crippen LogP contribution in [0, 0.1) is 11.2 Å². The molecule has 0 aliphatic carbocycles. The smallest absolute Gasteiger partial charge is 0.229 e. The van der Waals surface area contributed by atoms with Gasteiger partial charge in [-0.2, -0.15) is 0 Å². The molecule has 3 nitrogen and oxygen atoms in total. The average Bonchev–Trinajstić information content (AvgIpc) is 2.40. The standard InChI is InChI=1S/C16H18BFN2O/c1-16(2,3)15(21)20-13-7-6-10(17)9-11(13)14-12(18)5-4-8-19-14/h4-9H,17H2,1-3H3,(H,20,21). The number of halogens is 1. The van der Waals surface area contributed by atoms with Gasteiger partial charge in [0.25, 0.3) is 0 Å². The van der Waals surface area contributed by atoms with E-state index in [1.807, 2.05) is 40.8 Å². The summed E-state index contributed by atoms with van der Waals surface area (Å²) in [6, 6.07) is 8.39. The number of carbonyl (C=O) groups excluding carboxylic acids is 1. The minimum Gasteiger partial charge on any atom is -0.325 e. The molecular formula is C16H18BFN2O. The number of hydrogen-bond acceptors (Lipinski definition) is 2. The fourth-order valence-electron chi connectivity index (χ4n) is 1.86. The maximum Gasteiger partial charge on any atom is 0.229 e. The summed E-state index contributed by atoms with van der Waals surface area (Å²) >= 11 is 0. The molecule has 0 unspecified atom stereocenters. The molecule has 108 valence electrons. The predicted octanol–water partition coefficient (Wildman–Crippen LogP) is 2.13. The molecule has 1 aromatic carbocycles. The third-order valence-electron chi connectivity index (χ3n) is 3.12. The monoisotopic (exact) mass is 284 g/mol. The highest BCUT2D eigenvalue weighted by atomic mass is 19.1. The zero-order valence-electron chi connectivity index (χ0n) is 12.7. The maximum atomic E-state index is 14.0. The van der Waals surface area contributed by atoms with Crippen molar-refractivity contribution in [3.8, 4) is 11.3 Å². The second-order valence-electron chi connectivity index (χ2n) is 6.09. The molecule has 1 heterocycles. The topological polar surface area (TPSA) is 42.0 Å². The fourth-order valence-corrected chi connectivity index (χ4v) is 1.86. The second kappa shape index (κ2) is 5.68. The Kier molecular flexibility index (Phi) is 4.12. The quantitative estimate of drug-likeness (QED) is 0.858. The molecule has 1 aromatic heterocycles. The molecule has 2 rings (SSSR count). The normalized spacial score (nSPS) is 11.2. The van der Waals surface area contributed by atoms with Gasteiger partial charge < -0.3 is 5.32 Å². The van der Waals surface area contributed by atoms with Gasteiger partial charge in [-0.15, -0.1) is 0 Å². The number of anilines is 1. The minimum absolute atomic E-state index is 0.121. The molecule has 0 fully saturated rings. The molecule has 1 N–H and O–H groups in total. The lowest BCUT2D eigenvalue weighted by Gasteiger charge is -2.19. The zero-order chi connectivity index (χ0) is 15.6. The first-order chi connectivity index (χ1) is 9.79. The molecule has 0 saturated heterocycles. The van der Waals surface area contributed by atoms with Crippen LogP contribution >= 0.6 is 0 Å². The lowest BCUT2D eigenvalue weighted by Crippen LogP contribution is -2.28. The van der Waals surface area contributed by atoms with Crippen LogP contribution in [0.25, 0.3) is 11.3 Å². The Labute approximate surface area is 125 Å². The molecule has 5 heteroatoms. The van der Waals surface area contributed by atoms with E-state index in [9.17, 15) is 9.18 Å². The third-order valence-corrected chi connectivity index (χ3v) is 3.12. The van der Waals surface area contributed by atoms with E-state index < -0.39 is 11.2 Å². The van der Waals surface area contributed by atoms with Crippen LogP contribution in [0.4, 0.5) is 10.1 Å². The summed E-state index contributed by atoms with van der Waals surface area (Å²) in [4.78, 5) is 16.3. The van der Waals surface area contributed by atoms with Crippen molar-refractivity contribution in [3.63, 3.8) is 0 Å². The molecule has 0 bridgehead atoms. The molecule has 21 heavy (non-hydrogen) atoms. The van der Waals surface area contributed by atoms with E-state index in [1.54, 1.807) is 12.1 Å². The number of rotatable bonds is 2. The summed E-state index contributed by atoms with van der Waals surface area (Å²) in [7, 11) is 1.92. The fraction of sp³-hybridized carbons (Fsp3) is 0.250. The van der Waals surface area contributed by atoms with Gasteiger partial charge in [-0.25, -0.2) is 4.39 Å². The number of amides is 1. The van der Waals surface area contributed by atoms with Gasteiger partial charge in [-0.3, -0.25) is 9.78 Å². The van der Waals surface area contributed by atoms with E-state index in [1.165, 1.54) is 12.3 Å². The zero-order valence-corrected chi connectivity index (χ0v) is 12.7. The Hall–Kier alpha value is -2.17. The van der Waals surface area contributed by atoms with Crippen LogP contribution in [0.2, 0.25) is 0 Å². The summed E-state index contributed by atoms with van der Waals surface area (Å²) in [6.07, 6.45) is 1.54. The molecule has 1 amide bonds. The predicted molar refractivity (Wildman–Crippen MR) is 85.9 cm³/mol. The van der Waals surface area contributed by atoms with Crippen LogP contribution in [0.15, 0.2) is 36.5 Å². The van der Waals surface area contributed by atoms with Crippen molar-refractivity contribution in [3.05, 3.63) is 42.3 Å². The Morgan fingerprint density at radius 2 is 2.00 bits per heavy atom. The van der Waals surface area contributed by atoms with Crippen LogP contribution < -0.4 is 10.8 Å². The van der Waals surface area contributed by atoms with E-state index in [-0.39, 0.29) is 11.6 Å². The lowest BCUT2D eigenvalue weighted by atomic mass is 9.91. The van der Waals surface area contributed by atoms with E-state index in [0.29, 0.717) is 11.3 Å². The first kappa shape index (κ1) is 15.2. The lowest BCUT2D eigenvalue weighted by molar-refractivity contribution is -0.123. The first-order valence-corrected chi connectivity index (χ1v) is 6.82. The van der Waals surface area contributed by atoms with Crippen molar-refractivity contribution in [2.24, 2.45) is 5.41 Å². The SMILES string of the molecule is Bc1ccc(NC(=O)C(C)(C)C)c(-c2ncccc2F)c1. The molecular weight excluding hydrogens is 266 g/mol. The minimum atomic E-state index is -0.523. The van der Waals surface area contributed by atoms with E-state index in [4.69, 9.17) is 0 Å². The van der Waals surface area contributed by atoms with Crippen LogP contribution in [0.1, 0.15) is 20.8 Å². The Morgan fingerprint density at radius 1 is 1.29 bits per heavy atom. The summed E-state index contributed by atoms with van der Waals surface area (Å²) in [5.74, 6) is -0.529. The molecule has 0 saturated carbocycles. The van der Waals surface area contributed by atoms with Crippen molar-refractivity contribution in [1.29, 1.82) is 0 Å². The molecule has 0 atom stereocenters. The van der Waals surface area contributed by atoms with Gasteiger partial charge in [-0.05, 0) is 18.2 Å². The number of nitrogens with zero attached hydrogens (tertiary/aromatic N) is 1. The Balaban J connectivity index is 2.49. The highest BCUT2D eigenvalue weighted by molar-refractivity contribution is 6.32. The maximum absolute atomic E-state index is 14.0. The molecule has 2 aromatic rings. The Morgan fingerprint density at radius 3 is 2.62 bits per heavy atom. The highest BCUT2D eigenvalue weighted by Crippen LogP contribution is 2.28. The van der Waals surface area contributed by atoms with Gasteiger partial charge in [0.2, 0.25) is 5.91 Å². The number of carbonyl (C=O) groups is 1. The number of benzene rings is 1. The van der Waals surface area contributed by atoms with E-state index in [0.717, 1.165) is 5.46 Å². The summed E-state index contributed by atoms with van der Waals surface area (Å²) in [5, 5.41) is 2.86. The molecule has 0 spiro atoms. The third kappa shape index (κ3) is 3.48. The second-order valence-corrected chi connectivity index (χ2v) is 6.09. The average molecular weight is 284 g/mol. The van der Waals surface area contributed by atoms with Crippen LogP contribution in [-0.4, -0.2) is 18.7 Å².